The van der Waals surface area contributed by atoms with Gasteiger partial charge in [0.2, 0.25) is 0 Å². The molecule has 1 aliphatic rings. The normalized spacial score (nSPS) is 14.5. The van der Waals surface area contributed by atoms with Crippen LogP contribution < -0.4 is 0 Å². The molecule has 1 aliphatic heterocycles. The van der Waals surface area contributed by atoms with Gasteiger partial charge in [0, 0.05) is 5.56 Å². The minimum atomic E-state index is -0.182. The summed E-state index contributed by atoms with van der Waals surface area (Å²) < 4.78 is 4.87. The van der Waals surface area contributed by atoms with Crippen LogP contribution in [0.25, 0.3) is 0 Å². The van der Waals surface area contributed by atoms with E-state index in [1.54, 1.807) is 0 Å². The van der Waals surface area contributed by atoms with Crippen LogP contribution in [0.5, 0.6) is 0 Å². The van der Waals surface area contributed by atoms with Gasteiger partial charge in [-0.3, -0.25) is 0 Å². The van der Waals surface area contributed by atoms with Gasteiger partial charge in [0.1, 0.15) is 6.61 Å². The number of aryl methyl sites for hydroxylation is 1. The molecule has 1 aromatic carbocycles. The van der Waals surface area contributed by atoms with Crippen LogP contribution in [0.15, 0.2) is 18.2 Å². The lowest BCUT2D eigenvalue weighted by atomic mass is 10.0. The van der Waals surface area contributed by atoms with E-state index in [0.29, 0.717) is 6.61 Å². The maximum atomic E-state index is 11.1. The molecule has 0 fully saturated rings. The SMILES string of the molecule is Cc1cccc2c1C(=O)OC2. The summed E-state index contributed by atoms with van der Waals surface area (Å²) in [5, 5.41) is 0. The molecule has 0 N–H and O–H groups in total. The van der Waals surface area contributed by atoms with Crippen LogP contribution in [0.4, 0.5) is 0 Å². The molecule has 2 heteroatoms. The summed E-state index contributed by atoms with van der Waals surface area (Å²) in [6.07, 6.45) is 0. The Bertz CT molecular complexity index is 315. The summed E-state index contributed by atoms with van der Waals surface area (Å²) >= 11 is 0. The Morgan fingerprint density at radius 1 is 1.45 bits per heavy atom. The van der Waals surface area contributed by atoms with Gasteiger partial charge in [0.15, 0.2) is 0 Å². The molecule has 2 rings (SSSR count). The molecule has 0 amide bonds. The Balaban J connectivity index is 2.68. The van der Waals surface area contributed by atoms with Gasteiger partial charge in [-0.25, -0.2) is 4.79 Å². The van der Waals surface area contributed by atoms with E-state index in [2.05, 4.69) is 0 Å². The first-order valence-electron chi connectivity index (χ1n) is 3.54. The summed E-state index contributed by atoms with van der Waals surface area (Å²) in [4.78, 5) is 11.1. The summed E-state index contributed by atoms with van der Waals surface area (Å²) in [6, 6.07) is 5.79. The van der Waals surface area contributed by atoms with Crippen molar-refractivity contribution in [2.75, 3.05) is 0 Å². The summed E-state index contributed by atoms with van der Waals surface area (Å²) in [7, 11) is 0. The number of rotatable bonds is 0. The first kappa shape index (κ1) is 6.40. The van der Waals surface area contributed by atoms with Crippen molar-refractivity contribution >= 4 is 5.97 Å². The molecule has 0 saturated carbocycles. The second-order valence-electron chi connectivity index (χ2n) is 2.69. The minimum absolute atomic E-state index is 0.182. The number of carbonyl (C=O) groups is 1. The topological polar surface area (TPSA) is 26.3 Å². The van der Waals surface area contributed by atoms with Gasteiger partial charge in [-0.2, -0.15) is 0 Å². The highest BCUT2D eigenvalue weighted by atomic mass is 16.5. The van der Waals surface area contributed by atoms with Crippen LogP contribution in [0, 0.1) is 6.92 Å². The van der Waals surface area contributed by atoms with Crippen molar-refractivity contribution in [2.24, 2.45) is 0 Å². The lowest BCUT2D eigenvalue weighted by Crippen LogP contribution is -1.96. The van der Waals surface area contributed by atoms with Crippen LogP contribution in [0.1, 0.15) is 21.5 Å². The summed E-state index contributed by atoms with van der Waals surface area (Å²) in [6.45, 7) is 2.36. The lowest BCUT2D eigenvalue weighted by Gasteiger charge is -1.96. The van der Waals surface area contributed by atoms with Crippen LogP contribution in [0.2, 0.25) is 0 Å². The average molecular weight is 148 g/mol. The van der Waals surface area contributed by atoms with Gasteiger partial charge in [-0.1, -0.05) is 18.2 Å². The molecule has 0 aliphatic carbocycles. The molecule has 0 spiro atoms. The maximum absolute atomic E-state index is 11.1. The van der Waals surface area contributed by atoms with Gasteiger partial charge in [0.05, 0.1) is 5.56 Å². The molecule has 1 heterocycles. The Labute approximate surface area is 64.8 Å². The molecule has 0 atom stereocenters. The highest BCUT2D eigenvalue weighted by molar-refractivity contribution is 5.94. The zero-order chi connectivity index (χ0) is 7.84. The number of esters is 1. The van der Waals surface area contributed by atoms with E-state index in [0.717, 1.165) is 16.7 Å². The smallest absolute Gasteiger partial charge is 0.339 e. The lowest BCUT2D eigenvalue weighted by molar-refractivity contribution is 0.0534. The minimum Gasteiger partial charge on any atom is -0.457 e. The largest absolute Gasteiger partial charge is 0.457 e. The van der Waals surface area contributed by atoms with E-state index in [-0.39, 0.29) is 5.97 Å². The molecule has 56 valence electrons. The monoisotopic (exact) mass is 148 g/mol. The third-order valence-electron chi connectivity index (χ3n) is 1.92. The van der Waals surface area contributed by atoms with Crippen molar-refractivity contribution in [1.82, 2.24) is 0 Å². The molecule has 0 unspecified atom stereocenters. The van der Waals surface area contributed by atoms with Gasteiger partial charge in [-0.05, 0) is 12.5 Å². The molecule has 0 aromatic heterocycles. The Hall–Kier alpha value is -1.31. The fraction of sp³-hybridized carbons (Fsp3) is 0.222. The van der Waals surface area contributed by atoms with Crippen LogP contribution >= 0.6 is 0 Å². The predicted octanol–water partition coefficient (Wildman–Crippen LogP) is 1.67. The zero-order valence-electron chi connectivity index (χ0n) is 6.26. The molecule has 1 aromatic rings. The second-order valence-corrected chi connectivity index (χ2v) is 2.69. The fourth-order valence-corrected chi connectivity index (χ4v) is 1.36. The van der Waals surface area contributed by atoms with Crippen molar-refractivity contribution in [3.05, 3.63) is 34.9 Å². The second kappa shape index (κ2) is 2.09. The Morgan fingerprint density at radius 3 is 3.00 bits per heavy atom. The Morgan fingerprint density at radius 2 is 2.27 bits per heavy atom. The predicted molar refractivity (Wildman–Crippen MR) is 40.3 cm³/mol. The molecule has 11 heavy (non-hydrogen) atoms. The number of benzene rings is 1. The van der Waals surface area contributed by atoms with E-state index in [9.17, 15) is 4.79 Å². The summed E-state index contributed by atoms with van der Waals surface area (Å²) in [5.74, 6) is -0.182. The van der Waals surface area contributed by atoms with E-state index in [1.807, 2.05) is 25.1 Å². The van der Waals surface area contributed by atoms with Crippen LogP contribution in [0.3, 0.4) is 0 Å². The van der Waals surface area contributed by atoms with Gasteiger partial charge in [-0.15, -0.1) is 0 Å². The zero-order valence-corrected chi connectivity index (χ0v) is 6.26. The highest BCUT2D eigenvalue weighted by Gasteiger charge is 2.21. The highest BCUT2D eigenvalue weighted by Crippen LogP contribution is 2.22. The van der Waals surface area contributed by atoms with Crippen molar-refractivity contribution < 1.29 is 9.53 Å². The van der Waals surface area contributed by atoms with Gasteiger partial charge in [0.25, 0.3) is 0 Å². The number of carbonyl (C=O) groups excluding carboxylic acids is 1. The van der Waals surface area contributed by atoms with Crippen LogP contribution in [-0.4, -0.2) is 5.97 Å². The number of ether oxygens (including phenoxy) is 1. The number of fused-ring (bicyclic) bond motifs is 1. The molecular weight excluding hydrogens is 140 g/mol. The quantitative estimate of drug-likeness (QED) is 0.523. The number of cyclic esters (lactones) is 1. The molecule has 0 radical (unpaired) electrons. The first-order valence-corrected chi connectivity index (χ1v) is 3.54. The molecule has 2 nitrogen and oxygen atoms in total. The van der Waals surface area contributed by atoms with Gasteiger partial charge >= 0.3 is 5.97 Å². The van der Waals surface area contributed by atoms with Crippen LogP contribution in [-0.2, 0) is 11.3 Å². The fourth-order valence-electron chi connectivity index (χ4n) is 1.36. The summed E-state index contributed by atoms with van der Waals surface area (Å²) in [5.41, 5.74) is 2.77. The van der Waals surface area contributed by atoms with Crippen molar-refractivity contribution in [2.45, 2.75) is 13.5 Å². The standard InChI is InChI=1S/C9H8O2/c1-6-3-2-4-7-5-11-9(10)8(6)7/h2-4H,5H2,1H3. The maximum Gasteiger partial charge on any atom is 0.339 e. The van der Waals surface area contributed by atoms with E-state index < -0.39 is 0 Å². The average Bonchev–Trinajstić information content (AvgIpc) is 2.34. The third-order valence-corrected chi connectivity index (χ3v) is 1.92. The van der Waals surface area contributed by atoms with Crippen molar-refractivity contribution in [3.63, 3.8) is 0 Å². The van der Waals surface area contributed by atoms with Crippen molar-refractivity contribution in [3.8, 4) is 0 Å². The third kappa shape index (κ3) is 0.827. The van der Waals surface area contributed by atoms with Crippen molar-refractivity contribution in [1.29, 1.82) is 0 Å². The molecule has 0 bridgehead atoms. The number of hydrogen-bond donors (Lipinski definition) is 0. The van der Waals surface area contributed by atoms with E-state index >= 15 is 0 Å². The first-order chi connectivity index (χ1) is 5.29. The Kier molecular flexibility index (Phi) is 1.22. The van der Waals surface area contributed by atoms with E-state index in [4.69, 9.17) is 4.74 Å². The van der Waals surface area contributed by atoms with Gasteiger partial charge < -0.3 is 4.74 Å². The van der Waals surface area contributed by atoms with E-state index in [1.165, 1.54) is 0 Å². The number of hydrogen-bond acceptors (Lipinski definition) is 2. The molecule has 0 saturated heterocycles. The molecular formula is C9H8O2.